The van der Waals surface area contributed by atoms with Crippen molar-refractivity contribution in [2.75, 3.05) is 0 Å². The third-order valence-corrected chi connectivity index (χ3v) is 2.78. The minimum Gasteiger partial charge on any atom is -0.595 e. The van der Waals surface area contributed by atoms with Gasteiger partial charge in [0.05, 0.1) is 11.2 Å². The van der Waals surface area contributed by atoms with Crippen LogP contribution in [0.3, 0.4) is 0 Å². The number of nitrogens with zero attached hydrogens (tertiary/aromatic N) is 1. The predicted octanol–water partition coefficient (Wildman–Crippen LogP) is 1.23. The third-order valence-electron chi connectivity index (χ3n) is 2.19. The lowest BCUT2D eigenvalue weighted by Crippen LogP contribution is -2.99. The number of rotatable bonds is 2. The van der Waals surface area contributed by atoms with Gasteiger partial charge < -0.3 is 10.3 Å². The Morgan fingerprint density at radius 1 is 1.44 bits per heavy atom. The van der Waals surface area contributed by atoms with Crippen molar-refractivity contribution in [1.82, 2.24) is 4.98 Å². The highest BCUT2D eigenvalue weighted by Crippen LogP contribution is 2.34. The van der Waals surface area contributed by atoms with E-state index in [9.17, 15) is 10.3 Å². The molecule has 84 valence electrons. The highest BCUT2D eigenvalue weighted by Gasteiger charge is 2.16. The van der Waals surface area contributed by atoms with E-state index in [4.69, 9.17) is 5.21 Å². The monoisotopic (exact) mass is 238 g/mol. The smallest absolute Gasteiger partial charge is 0.206 e. The second kappa shape index (κ2) is 4.18. The number of benzene rings is 1. The van der Waals surface area contributed by atoms with Gasteiger partial charge in [0.2, 0.25) is 5.69 Å². The summed E-state index contributed by atoms with van der Waals surface area (Å²) in [5.74, 6) is -0.232. The zero-order valence-electron chi connectivity index (χ0n) is 8.47. The van der Waals surface area contributed by atoms with E-state index in [1.54, 1.807) is 23.9 Å². The van der Waals surface area contributed by atoms with Crippen LogP contribution >= 0.6 is 11.3 Å². The normalized spacial score (nSPS) is 12.7. The van der Waals surface area contributed by atoms with E-state index >= 15 is 0 Å². The van der Waals surface area contributed by atoms with Crippen LogP contribution in [0.1, 0.15) is 5.56 Å². The summed E-state index contributed by atoms with van der Waals surface area (Å²) in [4.78, 5) is 4.05. The number of aromatic hydroxyl groups is 1. The summed E-state index contributed by atoms with van der Waals surface area (Å²) in [5, 5.41) is 30.3. The number of phenols is 1. The van der Waals surface area contributed by atoms with Gasteiger partial charge in [0, 0.05) is 17.0 Å². The molecule has 1 aromatic heterocycles. The molecule has 1 atom stereocenters. The molecule has 0 aliphatic rings. The lowest BCUT2D eigenvalue weighted by molar-refractivity contribution is -0.991. The van der Waals surface area contributed by atoms with Crippen LogP contribution in [-0.2, 0) is 0 Å². The van der Waals surface area contributed by atoms with Gasteiger partial charge in [-0.3, -0.25) is 0 Å². The Kier molecular flexibility index (Phi) is 2.88. The molecule has 3 N–H and O–H groups in total. The van der Waals surface area contributed by atoms with Gasteiger partial charge >= 0.3 is 0 Å². The van der Waals surface area contributed by atoms with E-state index in [0.717, 1.165) is 5.56 Å². The van der Waals surface area contributed by atoms with Crippen molar-refractivity contribution in [2.24, 2.45) is 0 Å². The third kappa shape index (κ3) is 1.91. The minimum absolute atomic E-state index is 0.0944. The van der Waals surface area contributed by atoms with Crippen molar-refractivity contribution < 1.29 is 15.5 Å². The van der Waals surface area contributed by atoms with Crippen LogP contribution in [0.4, 0.5) is 5.69 Å². The molecule has 1 heterocycles. The summed E-state index contributed by atoms with van der Waals surface area (Å²) < 4.78 is 0. The minimum atomic E-state index is -1.14. The van der Waals surface area contributed by atoms with Crippen molar-refractivity contribution in [3.63, 3.8) is 0 Å². The van der Waals surface area contributed by atoms with Crippen LogP contribution in [0.25, 0.3) is 11.3 Å². The first-order chi connectivity index (χ1) is 7.59. The largest absolute Gasteiger partial charge is 0.595 e. The lowest BCUT2D eigenvalue weighted by Gasteiger charge is -2.15. The molecule has 0 fully saturated rings. The maximum atomic E-state index is 10.9. The average molecular weight is 238 g/mol. The molecule has 0 saturated carbocycles. The van der Waals surface area contributed by atoms with E-state index in [2.05, 4.69) is 4.98 Å². The number of nitrogens with one attached hydrogen (secondary N) is 1. The maximum absolute atomic E-state index is 10.9. The molecule has 0 bridgehead atoms. The van der Waals surface area contributed by atoms with Gasteiger partial charge in [0.15, 0.2) is 5.75 Å². The van der Waals surface area contributed by atoms with Crippen LogP contribution in [0.15, 0.2) is 23.0 Å². The van der Waals surface area contributed by atoms with Gasteiger partial charge in [-0.05, 0) is 18.6 Å². The molecule has 5 nitrogen and oxygen atoms in total. The summed E-state index contributed by atoms with van der Waals surface area (Å²) in [6.07, 6.45) is 0. The fraction of sp³-hybridized carbons (Fsp3) is 0.100. The summed E-state index contributed by atoms with van der Waals surface area (Å²) in [6, 6.07) is 3.16. The van der Waals surface area contributed by atoms with E-state index in [-0.39, 0.29) is 11.4 Å². The zero-order chi connectivity index (χ0) is 11.7. The number of aromatic nitrogens is 1. The Morgan fingerprint density at radius 3 is 2.75 bits per heavy atom. The molecule has 16 heavy (non-hydrogen) atoms. The quantitative estimate of drug-likeness (QED) is 0.543. The number of quaternary nitrogens is 1. The predicted molar refractivity (Wildman–Crippen MR) is 59.7 cm³/mol. The Labute approximate surface area is 95.8 Å². The van der Waals surface area contributed by atoms with Crippen molar-refractivity contribution >= 4 is 17.0 Å². The molecule has 0 radical (unpaired) electrons. The summed E-state index contributed by atoms with van der Waals surface area (Å²) in [5.41, 5.74) is 3.37. The van der Waals surface area contributed by atoms with Crippen LogP contribution in [0.2, 0.25) is 0 Å². The maximum Gasteiger partial charge on any atom is 0.206 e. The molecule has 0 saturated heterocycles. The van der Waals surface area contributed by atoms with E-state index in [1.807, 2.05) is 0 Å². The van der Waals surface area contributed by atoms with E-state index in [1.165, 1.54) is 17.4 Å². The van der Waals surface area contributed by atoms with Gasteiger partial charge in [0.25, 0.3) is 0 Å². The molecule has 0 aliphatic carbocycles. The van der Waals surface area contributed by atoms with Crippen molar-refractivity contribution in [2.45, 2.75) is 6.92 Å². The number of aryl methyl sites for hydroxylation is 1. The Morgan fingerprint density at radius 2 is 2.19 bits per heavy atom. The van der Waals surface area contributed by atoms with Gasteiger partial charge in [0.1, 0.15) is 0 Å². The van der Waals surface area contributed by atoms with Crippen molar-refractivity contribution in [3.05, 3.63) is 33.8 Å². The van der Waals surface area contributed by atoms with E-state index in [0.29, 0.717) is 11.3 Å². The number of phenolic OH excluding ortho intramolecular Hbond substituents is 1. The molecule has 0 aliphatic heterocycles. The number of hydrogen-bond acceptors (Lipinski definition) is 5. The highest BCUT2D eigenvalue weighted by atomic mass is 32.1. The Balaban J connectivity index is 2.62. The average Bonchev–Trinajstić information content (AvgIpc) is 2.73. The second-order valence-electron chi connectivity index (χ2n) is 3.39. The fourth-order valence-corrected chi connectivity index (χ4v) is 2.03. The molecule has 1 unspecified atom stereocenters. The Hall–Kier alpha value is -1.47. The first-order valence-electron chi connectivity index (χ1n) is 4.55. The topological polar surface area (TPSA) is 80.9 Å². The molecular weight excluding hydrogens is 228 g/mol. The summed E-state index contributed by atoms with van der Waals surface area (Å²) >= 11 is 1.39. The molecule has 2 aromatic rings. The SMILES string of the molecule is Cc1cc(-c2cscn2)c(O)c([NH+]([O-])O)c1. The molecule has 0 amide bonds. The zero-order valence-corrected chi connectivity index (χ0v) is 9.28. The first kappa shape index (κ1) is 11.0. The van der Waals surface area contributed by atoms with Gasteiger partial charge in [-0.1, -0.05) is 0 Å². The lowest BCUT2D eigenvalue weighted by atomic mass is 10.1. The van der Waals surface area contributed by atoms with Gasteiger partial charge in [-0.2, -0.15) is 5.23 Å². The van der Waals surface area contributed by atoms with Gasteiger partial charge in [-0.15, -0.1) is 11.3 Å². The van der Waals surface area contributed by atoms with Crippen LogP contribution in [-0.4, -0.2) is 15.3 Å². The van der Waals surface area contributed by atoms with Crippen molar-refractivity contribution in [1.29, 1.82) is 0 Å². The highest BCUT2D eigenvalue weighted by molar-refractivity contribution is 7.07. The van der Waals surface area contributed by atoms with Crippen molar-refractivity contribution in [3.8, 4) is 17.0 Å². The summed E-state index contributed by atoms with van der Waals surface area (Å²) in [7, 11) is 0. The molecule has 6 heteroatoms. The first-order valence-corrected chi connectivity index (χ1v) is 5.49. The fourth-order valence-electron chi connectivity index (χ4n) is 1.48. The molecule has 2 rings (SSSR count). The standard InChI is InChI=1S/C10H10N2O3S/c1-6-2-7(8-4-16-5-11-8)10(13)9(3-6)12(14)15/h2-5,12-14H,1H3. The van der Waals surface area contributed by atoms with Crippen LogP contribution in [0.5, 0.6) is 5.75 Å². The van der Waals surface area contributed by atoms with Crippen LogP contribution < -0.4 is 5.23 Å². The Bertz CT molecular complexity index is 497. The number of hydrogen-bond donors (Lipinski definition) is 3. The van der Waals surface area contributed by atoms with E-state index < -0.39 is 5.23 Å². The molecule has 0 spiro atoms. The van der Waals surface area contributed by atoms with Gasteiger partial charge in [-0.25, -0.2) is 10.2 Å². The summed E-state index contributed by atoms with van der Waals surface area (Å²) in [6.45, 7) is 1.78. The number of thiazole rings is 1. The van der Waals surface area contributed by atoms with Crippen LogP contribution in [0, 0.1) is 12.1 Å². The molecule has 1 aromatic carbocycles. The molecular formula is C10H10N2O3S. The second-order valence-corrected chi connectivity index (χ2v) is 4.11.